The van der Waals surface area contributed by atoms with Gasteiger partial charge in [-0.25, -0.2) is 4.98 Å². The van der Waals surface area contributed by atoms with Gasteiger partial charge in [0.1, 0.15) is 5.56 Å². The van der Waals surface area contributed by atoms with Crippen LogP contribution in [-0.4, -0.2) is 45.4 Å². The van der Waals surface area contributed by atoms with Crippen molar-refractivity contribution in [1.82, 2.24) is 10.3 Å². The lowest BCUT2D eigenvalue weighted by atomic mass is 9.76. The molecule has 0 aliphatic carbocycles. The minimum Gasteiger partial charge on any atom is -0.480 e. The van der Waals surface area contributed by atoms with Gasteiger partial charge >= 0.3 is 7.12 Å². The molecule has 1 N–H and O–H groups in total. The van der Waals surface area contributed by atoms with E-state index in [2.05, 4.69) is 24.1 Å². The molecule has 6 nitrogen and oxygen atoms in total. The van der Waals surface area contributed by atoms with Crippen LogP contribution >= 0.6 is 0 Å². The molecular formula is C13H19BN2O4. The molecule has 0 spiro atoms. The lowest BCUT2D eigenvalue weighted by molar-refractivity contribution is 0.0343. The van der Waals surface area contributed by atoms with Gasteiger partial charge in [0.25, 0.3) is 5.91 Å². The van der Waals surface area contributed by atoms with Crippen molar-refractivity contribution in [1.29, 1.82) is 0 Å². The van der Waals surface area contributed by atoms with Crippen LogP contribution in [0.1, 0.15) is 24.2 Å². The summed E-state index contributed by atoms with van der Waals surface area (Å²) >= 11 is 0. The van der Waals surface area contributed by atoms with Gasteiger partial charge in [-0.15, -0.1) is 0 Å². The summed E-state index contributed by atoms with van der Waals surface area (Å²) in [4.78, 5) is 16.0. The van der Waals surface area contributed by atoms with E-state index in [-0.39, 0.29) is 17.2 Å². The molecule has 20 heavy (non-hydrogen) atoms. The molecule has 2 rings (SSSR count). The Bertz CT molecular complexity index is 497. The zero-order valence-corrected chi connectivity index (χ0v) is 12.2. The number of carbonyl (C=O) groups excluding carboxylic acids is 1. The lowest BCUT2D eigenvalue weighted by Crippen LogP contribution is -2.47. The number of pyridine rings is 1. The molecule has 1 amide bonds. The highest BCUT2D eigenvalue weighted by molar-refractivity contribution is 6.61. The van der Waals surface area contributed by atoms with Crippen LogP contribution in [-0.2, 0) is 9.31 Å². The number of rotatable bonds is 3. The highest BCUT2D eigenvalue weighted by Gasteiger charge is 2.34. The zero-order chi connectivity index (χ0) is 14.8. The van der Waals surface area contributed by atoms with Gasteiger partial charge < -0.3 is 19.4 Å². The second kappa shape index (κ2) is 5.81. The Hall–Kier alpha value is -1.60. The molecule has 1 aliphatic heterocycles. The summed E-state index contributed by atoms with van der Waals surface area (Å²) in [6.07, 6.45) is 1.61. The van der Waals surface area contributed by atoms with Crippen molar-refractivity contribution in [2.45, 2.75) is 13.8 Å². The molecule has 1 aromatic rings. The fourth-order valence-electron chi connectivity index (χ4n) is 1.94. The van der Waals surface area contributed by atoms with Gasteiger partial charge in [-0.05, 0) is 6.07 Å². The average molecular weight is 278 g/mol. The van der Waals surface area contributed by atoms with E-state index in [1.807, 2.05) is 0 Å². The molecular weight excluding hydrogens is 259 g/mol. The van der Waals surface area contributed by atoms with Crippen LogP contribution in [0.3, 0.4) is 0 Å². The maximum Gasteiger partial charge on any atom is 0.495 e. The van der Waals surface area contributed by atoms with E-state index in [0.29, 0.717) is 24.2 Å². The summed E-state index contributed by atoms with van der Waals surface area (Å²) in [5.41, 5.74) is 1.07. The number of hydrogen-bond donors (Lipinski definition) is 1. The SMILES string of the molecule is CNC(=O)c1cc(B2OCC(C)(C)CO2)cnc1OC. The quantitative estimate of drug-likeness (QED) is 0.801. The summed E-state index contributed by atoms with van der Waals surface area (Å²) in [5.74, 6) is 0.0246. The fraction of sp³-hybridized carbons (Fsp3) is 0.538. The number of amides is 1. The summed E-state index contributed by atoms with van der Waals surface area (Å²) in [6.45, 7) is 5.34. The smallest absolute Gasteiger partial charge is 0.480 e. The number of methoxy groups -OCH3 is 1. The number of ether oxygens (including phenoxy) is 1. The first-order chi connectivity index (χ1) is 9.46. The third-order valence-corrected chi connectivity index (χ3v) is 3.06. The van der Waals surface area contributed by atoms with E-state index in [1.54, 1.807) is 19.3 Å². The molecule has 1 aromatic heterocycles. The number of nitrogens with one attached hydrogen (secondary N) is 1. The lowest BCUT2D eigenvalue weighted by Gasteiger charge is -2.33. The van der Waals surface area contributed by atoms with Gasteiger partial charge in [-0.3, -0.25) is 4.79 Å². The molecule has 0 bridgehead atoms. The minimum atomic E-state index is -0.496. The van der Waals surface area contributed by atoms with Crippen LogP contribution in [0, 0.1) is 5.41 Å². The van der Waals surface area contributed by atoms with Gasteiger partial charge in [0.05, 0.1) is 7.11 Å². The van der Waals surface area contributed by atoms with E-state index < -0.39 is 7.12 Å². The predicted molar refractivity (Wildman–Crippen MR) is 75.3 cm³/mol. The molecule has 7 heteroatoms. The van der Waals surface area contributed by atoms with Crippen LogP contribution in [0.5, 0.6) is 5.88 Å². The number of hydrogen-bond acceptors (Lipinski definition) is 5. The van der Waals surface area contributed by atoms with Crippen molar-refractivity contribution in [2.75, 3.05) is 27.4 Å². The van der Waals surface area contributed by atoms with Crippen LogP contribution in [0.2, 0.25) is 0 Å². The third kappa shape index (κ3) is 3.11. The molecule has 0 aromatic carbocycles. The number of aromatic nitrogens is 1. The maximum absolute atomic E-state index is 11.8. The zero-order valence-electron chi connectivity index (χ0n) is 12.2. The van der Waals surface area contributed by atoms with E-state index in [0.717, 1.165) is 0 Å². The molecule has 1 aliphatic rings. The van der Waals surface area contributed by atoms with Crippen LogP contribution in [0.15, 0.2) is 12.3 Å². The fourth-order valence-corrected chi connectivity index (χ4v) is 1.94. The topological polar surface area (TPSA) is 69.7 Å². The van der Waals surface area contributed by atoms with Crippen molar-refractivity contribution >= 4 is 18.5 Å². The maximum atomic E-state index is 11.8. The standard InChI is InChI=1S/C13H19BN2O4/c1-13(2)7-19-14(20-8-13)9-5-10(11(17)15-3)12(18-4)16-6-9/h5-6H,7-8H2,1-4H3,(H,15,17). The van der Waals surface area contributed by atoms with Crippen molar-refractivity contribution in [2.24, 2.45) is 5.41 Å². The molecule has 0 atom stereocenters. The molecule has 108 valence electrons. The monoisotopic (exact) mass is 278 g/mol. The van der Waals surface area contributed by atoms with Crippen LogP contribution in [0.4, 0.5) is 0 Å². The Labute approximate surface area is 119 Å². The van der Waals surface area contributed by atoms with Gasteiger partial charge in [0, 0.05) is 37.3 Å². The molecule has 0 saturated carbocycles. The van der Waals surface area contributed by atoms with Crippen molar-refractivity contribution < 1.29 is 18.8 Å². The second-order valence-corrected chi connectivity index (χ2v) is 5.52. The normalized spacial score (nSPS) is 17.7. The van der Waals surface area contributed by atoms with Gasteiger partial charge in [-0.1, -0.05) is 13.8 Å². The van der Waals surface area contributed by atoms with E-state index in [1.165, 1.54) is 7.11 Å². The Morgan fingerprint density at radius 3 is 2.65 bits per heavy atom. The first-order valence-electron chi connectivity index (χ1n) is 6.46. The minimum absolute atomic E-state index is 0.0000223. The largest absolute Gasteiger partial charge is 0.495 e. The Morgan fingerprint density at radius 2 is 2.10 bits per heavy atom. The molecule has 1 fully saturated rings. The Balaban J connectivity index is 2.23. The first-order valence-corrected chi connectivity index (χ1v) is 6.46. The van der Waals surface area contributed by atoms with Crippen molar-refractivity contribution in [3.8, 4) is 5.88 Å². The summed E-state index contributed by atoms with van der Waals surface area (Å²) in [5, 5.41) is 2.56. The number of nitrogens with zero attached hydrogens (tertiary/aromatic N) is 1. The summed E-state index contributed by atoms with van der Waals surface area (Å²) in [7, 11) is 2.54. The van der Waals surface area contributed by atoms with Gasteiger partial charge in [0.15, 0.2) is 0 Å². The van der Waals surface area contributed by atoms with Gasteiger partial charge in [0.2, 0.25) is 5.88 Å². The van der Waals surface area contributed by atoms with Crippen molar-refractivity contribution in [3.63, 3.8) is 0 Å². The summed E-state index contributed by atoms with van der Waals surface area (Å²) < 4.78 is 16.5. The Morgan fingerprint density at radius 1 is 1.45 bits per heavy atom. The highest BCUT2D eigenvalue weighted by atomic mass is 16.6. The van der Waals surface area contributed by atoms with Gasteiger partial charge in [-0.2, -0.15) is 0 Å². The van der Waals surface area contributed by atoms with E-state index in [4.69, 9.17) is 14.0 Å². The van der Waals surface area contributed by atoms with Crippen LogP contribution < -0.4 is 15.5 Å². The van der Waals surface area contributed by atoms with E-state index >= 15 is 0 Å². The van der Waals surface area contributed by atoms with Crippen molar-refractivity contribution in [3.05, 3.63) is 17.8 Å². The summed E-state index contributed by atoms with van der Waals surface area (Å²) in [6, 6.07) is 1.69. The molecule has 2 heterocycles. The van der Waals surface area contributed by atoms with E-state index in [9.17, 15) is 4.79 Å². The molecule has 1 saturated heterocycles. The first kappa shape index (κ1) is 14.8. The van der Waals surface area contributed by atoms with Crippen LogP contribution in [0.25, 0.3) is 0 Å². The highest BCUT2D eigenvalue weighted by Crippen LogP contribution is 2.22. The predicted octanol–water partition coefficient (Wildman–Crippen LogP) is 0.218. The molecule has 0 unspecified atom stereocenters. The number of carbonyl (C=O) groups is 1. The third-order valence-electron chi connectivity index (χ3n) is 3.06. The molecule has 0 radical (unpaired) electrons. The second-order valence-electron chi connectivity index (χ2n) is 5.52. The Kier molecular flexibility index (Phi) is 4.30. The average Bonchev–Trinajstić information content (AvgIpc) is 2.45.